The molecule has 0 spiro atoms. The van der Waals surface area contributed by atoms with Crippen molar-refractivity contribution in [1.82, 2.24) is 24.9 Å². The molecule has 0 aliphatic heterocycles. The third kappa shape index (κ3) is 4.54. The summed E-state index contributed by atoms with van der Waals surface area (Å²) >= 11 is 6.07. The second-order valence-corrected chi connectivity index (χ2v) is 8.30. The molecule has 12 heteroatoms. The molecule has 0 saturated heterocycles. The summed E-state index contributed by atoms with van der Waals surface area (Å²) in [6.45, 7) is 2.14. The molecule has 1 amide bonds. The van der Waals surface area contributed by atoms with Crippen LogP contribution in [-0.4, -0.2) is 43.8 Å². The van der Waals surface area contributed by atoms with Gasteiger partial charge in [0.05, 0.1) is 22.3 Å². The highest BCUT2D eigenvalue weighted by Crippen LogP contribution is 2.33. The van der Waals surface area contributed by atoms with E-state index >= 15 is 0 Å². The van der Waals surface area contributed by atoms with Crippen molar-refractivity contribution in [1.29, 1.82) is 0 Å². The van der Waals surface area contributed by atoms with E-state index in [2.05, 4.69) is 20.3 Å². The molecule has 1 aliphatic rings. The second kappa shape index (κ2) is 8.36. The predicted octanol–water partition coefficient (Wildman–Crippen LogP) is 4.60. The van der Waals surface area contributed by atoms with E-state index in [-0.39, 0.29) is 33.6 Å². The molecule has 1 fully saturated rings. The Balaban J connectivity index is 1.67. The predicted molar refractivity (Wildman–Crippen MR) is 112 cm³/mol. The van der Waals surface area contributed by atoms with Crippen LogP contribution in [0.5, 0.6) is 5.88 Å². The van der Waals surface area contributed by atoms with Gasteiger partial charge in [-0.1, -0.05) is 11.6 Å². The van der Waals surface area contributed by atoms with Crippen LogP contribution in [0.2, 0.25) is 5.02 Å². The standard InChI is InChI=1S/C21H20ClF4N5O2/c1-10-19(33-21(25,26)11(2)23)29-30(3)20(10)31-9-12(8-27-31)14-6-15(16(22)7-17(14)24)18(32)28-13-4-5-13/h6-9,11,13H,4-5H2,1-3H3,(H,28,32). The number of carbonyl (C=O) groups excluding carboxylic acids is 1. The van der Waals surface area contributed by atoms with E-state index in [4.69, 9.17) is 11.6 Å². The minimum Gasteiger partial charge on any atom is -0.410 e. The Hall–Kier alpha value is -3.08. The molecule has 176 valence electrons. The van der Waals surface area contributed by atoms with E-state index in [0.29, 0.717) is 12.5 Å². The highest BCUT2D eigenvalue weighted by molar-refractivity contribution is 6.34. The minimum absolute atomic E-state index is 0.0194. The number of nitrogens with one attached hydrogen (secondary N) is 1. The topological polar surface area (TPSA) is 74.0 Å². The molecule has 1 N–H and O–H groups in total. The van der Waals surface area contributed by atoms with Crippen LogP contribution in [0.1, 0.15) is 35.7 Å². The van der Waals surface area contributed by atoms with Crippen LogP contribution in [0, 0.1) is 12.7 Å². The lowest BCUT2D eigenvalue weighted by Gasteiger charge is -2.17. The molecule has 7 nitrogen and oxygen atoms in total. The summed E-state index contributed by atoms with van der Waals surface area (Å²) in [6.07, 6.45) is -2.04. The molecule has 1 saturated carbocycles. The molecular weight excluding hydrogens is 466 g/mol. The highest BCUT2D eigenvalue weighted by atomic mass is 35.5. The molecule has 2 heterocycles. The van der Waals surface area contributed by atoms with E-state index in [1.54, 1.807) is 0 Å². The maximum atomic E-state index is 14.7. The van der Waals surface area contributed by atoms with Crippen molar-refractivity contribution in [2.45, 2.75) is 45.0 Å². The maximum absolute atomic E-state index is 14.7. The van der Waals surface area contributed by atoms with E-state index in [0.717, 1.165) is 18.9 Å². The van der Waals surface area contributed by atoms with Gasteiger partial charge < -0.3 is 10.1 Å². The fourth-order valence-corrected chi connectivity index (χ4v) is 3.47. The van der Waals surface area contributed by atoms with E-state index in [1.807, 2.05) is 0 Å². The number of alkyl halides is 3. The number of aromatic nitrogens is 4. The van der Waals surface area contributed by atoms with Crippen molar-refractivity contribution in [2.24, 2.45) is 7.05 Å². The lowest BCUT2D eigenvalue weighted by Crippen LogP contribution is -2.34. The van der Waals surface area contributed by atoms with E-state index in [9.17, 15) is 22.4 Å². The quantitative estimate of drug-likeness (QED) is 0.497. The van der Waals surface area contributed by atoms with Gasteiger partial charge in [-0.25, -0.2) is 18.1 Å². The van der Waals surface area contributed by atoms with Gasteiger partial charge in [0.1, 0.15) is 5.82 Å². The molecule has 0 bridgehead atoms. The SMILES string of the molecule is Cc1c(OC(F)(F)C(C)F)nn(C)c1-n1cc(-c2cc(C(=O)NC3CC3)c(Cl)cc2F)cn1. The molecule has 3 aromatic rings. The number of nitrogens with zero attached hydrogens (tertiary/aromatic N) is 4. The van der Waals surface area contributed by atoms with Gasteiger partial charge in [0.15, 0.2) is 5.82 Å². The lowest BCUT2D eigenvalue weighted by atomic mass is 10.0. The minimum atomic E-state index is -4.06. The van der Waals surface area contributed by atoms with Crippen LogP contribution >= 0.6 is 11.6 Å². The average Bonchev–Trinajstić information content (AvgIpc) is 3.33. The van der Waals surface area contributed by atoms with Gasteiger partial charge in [0, 0.05) is 30.4 Å². The number of hydrogen-bond acceptors (Lipinski definition) is 4. The van der Waals surface area contributed by atoms with Crippen LogP contribution in [0.25, 0.3) is 16.9 Å². The first-order valence-corrected chi connectivity index (χ1v) is 10.5. The van der Waals surface area contributed by atoms with Crippen molar-refractivity contribution in [3.05, 3.63) is 46.5 Å². The third-order valence-corrected chi connectivity index (χ3v) is 5.54. The van der Waals surface area contributed by atoms with Crippen LogP contribution in [-0.2, 0) is 7.05 Å². The van der Waals surface area contributed by atoms with Gasteiger partial charge in [-0.05, 0) is 38.8 Å². The fourth-order valence-electron chi connectivity index (χ4n) is 3.24. The molecular formula is C21H20ClF4N5O2. The summed E-state index contributed by atoms with van der Waals surface area (Å²) in [4.78, 5) is 12.4. The summed E-state index contributed by atoms with van der Waals surface area (Å²) < 4.78 is 62.2. The van der Waals surface area contributed by atoms with Gasteiger partial charge in [0.2, 0.25) is 12.1 Å². The van der Waals surface area contributed by atoms with Gasteiger partial charge in [0.25, 0.3) is 5.91 Å². The smallest absolute Gasteiger partial charge is 0.410 e. The molecule has 0 radical (unpaired) electrons. The molecule has 33 heavy (non-hydrogen) atoms. The van der Waals surface area contributed by atoms with Gasteiger partial charge in [-0.15, -0.1) is 5.10 Å². The normalized spacial score (nSPS) is 14.9. The lowest BCUT2D eigenvalue weighted by molar-refractivity contribution is -0.217. The Morgan fingerprint density at radius 2 is 2.06 bits per heavy atom. The third-order valence-electron chi connectivity index (χ3n) is 5.22. The Morgan fingerprint density at radius 1 is 1.36 bits per heavy atom. The van der Waals surface area contributed by atoms with Gasteiger partial charge in [-0.2, -0.15) is 13.9 Å². The van der Waals surface area contributed by atoms with Crippen molar-refractivity contribution in [3.8, 4) is 22.8 Å². The second-order valence-electron chi connectivity index (χ2n) is 7.89. The summed E-state index contributed by atoms with van der Waals surface area (Å²) in [5.74, 6) is -1.27. The van der Waals surface area contributed by atoms with E-state index < -0.39 is 29.9 Å². The first-order valence-electron chi connectivity index (χ1n) is 10.1. The molecule has 2 aromatic heterocycles. The van der Waals surface area contributed by atoms with Gasteiger partial charge in [-0.3, -0.25) is 4.79 Å². The zero-order chi connectivity index (χ0) is 24.1. The number of rotatable bonds is 7. The van der Waals surface area contributed by atoms with Crippen molar-refractivity contribution >= 4 is 17.5 Å². The fraction of sp³-hybridized carbons (Fsp3) is 0.381. The molecule has 1 aliphatic carbocycles. The number of carbonyl (C=O) groups is 1. The summed E-state index contributed by atoms with van der Waals surface area (Å²) in [7, 11) is 1.47. The molecule has 1 unspecified atom stereocenters. The molecule has 1 aromatic carbocycles. The first-order chi connectivity index (χ1) is 15.5. The Kier molecular flexibility index (Phi) is 5.85. The van der Waals surface area contributed by atoms with Crippen molar-refractivity contribution < 1.29 is 27.1 Å². The zero-order valence-corrected chi connectivity index (χ0v) is 18.6. The largest absolute Gasteiger partial charge is 0.430 e. The Labute approximate surface area is 191 Å². The van der Waals surface area contributed by atoms with Crippen molar-refractivity contribution in [2.75, 3.05) is 0 Å². The van der Waals surface area contributed by atoms with Crippen LogP contribution in [0.4, 0.5) is 17.6 Å². The summed E-state index contributed by atoms with van der Waals surface area (Å²) in [5.41, 5.74) is 0.701. The summed E-state index contributed by atoms with van der Waals surface area (Å²) in [5, 5.41) is 10.8. The number of halogens is 5. The summed E-state index contributed by atoms with van der Waals surface area (Å²) in [6, 6.07) is 2.49. The van der Waals surface area contributed by atoms with Gasteiger partial charge >= 0.3 is 6.11 Å². The Morgan fingerprint density at radius 3 is 2.70 bits per heavy atom. The molecule has 1 atom stereocenters. The number of hydrogen-bond donors (Lipinski definition) is 1. The zero-order valence-electron chi connectivity index (χ0n) is 17.9. The number of amides is 1. The van der Waals surface area contributed by atoms with E-state index in [1.165, 1.54) is 41.8 Å². The van der Waals surface area contributed by atoms with Crippen LogP contribution in [0.3, 0.4) is 0 Å². The number of benzene rings is 1. The molecule has 4 rings (SSSR count). The van der Waals surface area contributed by atoms with Crippen molar-refractivity contribution in [3.63, 3.8) is 0 Å². The average molecular weight is 486 g/mol. The first kappa shape index (κ1) is 23.1. The maximum Gasteiger partial charge on any atom is 0.430 e. The Bertz CT molecular complexity index is 1220. The number of ether oxygens (including phenoxy) is 1. The monoisotopic (exact) mass is 485 g/mol. The van der Waals surface area contributed by atoms with Crippen LogP contribution < -0.4 is 10.1 Å². The number of aryl methyl sites for hydroxylation is 1. The van der Waals surface area contributed by atoms with Crippen LogP contribution in [0.15, 0.2) is 24.5 Å². The highest BCUT2D eigenvalue weighted by Gasteiger charge is 2.41.